The fraction of sp³-hybridized carbons (Fsp3) is 0.739. The minimum absolute atomic E-state index is 0.270. The van der Waals surface area contributed by atoms with Crippen molar-refractivity contribution in [2.45, 2.75) is 63.1 Å². The molecule has 4 rings (SSSR count). The highest BCUT2D eigenvalue weighted by atomic mass is 16.5. The topological polar surface area (TPSA) is 43.0 Å². The SMILES string of the molecule is c1cc(OCC2CCCO2)ccc1CNCC1(N2CCCCC2)CCOCC1. The van der Waals surface area contributed by atoms with Gasteiger partial charge in [0.1, 0.15) is 12.4 Å². The summed E-state index contributed by atoms with van der Waals surface area (Å²) >= 11 is 0. The summed E-state index contributed by atoms with van der Waals surface area (Å²) in [6.07, 6.45) is 8.91. The van der Waals surface area contributed by atoms with Gasteiger partial charge >= 0.3 is 0 Å². The Balaban J connectivity index is 1.25. The first kappa shape index (κ1) is 20.1. The first-order valence-corrected chi connectivity index (χ1v) is 11.2. The van der Waals surface area contributed by atoms with Gasteiger partial charge in [0.15, 0.2) is 0 Å². The molecule has 0 bridgehead atoms. The van der Waals surface area contributed by atoms with Gasteiger partial charge in [0.05, 0.1) is 6.10 Å². The molecule has 5 nitrogen and oxygen atoms in total. The molecule has 0 aromatic heterocycles. The van der Waals surface area contributed by atoms with Crippen LogP contribution in [0.2, 0.25) is 0 Å². The molecule has 0 saturated carbocycles. The highest BCUT2D eigenvalue weighted by molar-refractivity contribution is 5.27. The molecule has 0 radical (unpaired) electrons. The van der Waals surface area contributed by atoms with E-state index < -0.39 is 0 Å². The van der Waals surface area contributed by atoms with Gasteiger partial charge < -0.3 is 19.5 Å². The van der Waals surface area contributed by atoms with Gasteiger partial charge in [0.2, 0.25) is 0 Å². The van der Waals surface area contributed by atoms with Crippen molar-refractivity contribution in [3.8, 4) is 5.75 Å². The minimum Gasteiger partial charge on any atom is -0.491 e. The van der Waals surface area contributed by atoms with Crippen LogP contribution in [0.25, 0.3) is 0 Å². The molecule has 3 fully saturated rings. The lowest BCUT2D eigenvalue weighted by atomic mass is 9.86. The molecule has 3 heterocycles. The quantitative estimate of drug-likeness (QED) is 0.740. The Bertz CT molecular complexity index is 574. The molecule has 1 atom stereocenters. The summed E-state index contributed by atoms with van der Waals surface area (Å²) in [7, 11) is 0. The third-order valence-corrected chi connectivity index (χ3v) is 6.62. The van der Waals surface area contributed by atoms with E-state index in [-0.39, 0.29) is 11.6 Å². The first-order chi connectivity index (χ1) is 13.8. The predicted molar refractivity (Wildman–Crippen MR) is 111 cm³/mol. The molecular formula is C23H36N2O3. The number of hydrogen-bond acceptors (Lipinski definition) is 5. The van der Waals surface area contributed by atoms with Crippen LogP contribution in [0.5, 0.6) is 5.75 Å². The molecule has 1 aromatic carbocycles. The lowest BCUT2D eigenvalue weighted by Crippen LogP contribution is -2.59. The molecule has 156 valence electrons. The molecule has 3 saturated heterocycles. The van der Waals surface area contributed by atoms with Crippen LogP contribution in [0, 0.1) is 0 Å². The van der Waals surface area contributed by atoms with E-state index in [4.69, 9.17) is 14.2 Å². The number of nitrogens with one attached hydrogen (secondary N) is 1. The van der Waals surface area contributed by atoms with E-state index in [1.165, 1.54) is 37.9 Å². The lowest BCUT2D eigenvalue weighted by Gasteiger charge is -2.48. The molecule has 28 heavy (non-hydrogen) atoms. The molecule has 0 amide bonds. The average molecular weight is 389 g/mol. The monoisotopic (exact) mass is 388 g/mol. The summed E-state index contributed by atoms with van der Waals surface area (Å²) in [6.45, 7) is 7.79. The van der Waals surface area contributed by atoms with E-state index in [0.717, 1.165) is 64.3 Å². The van der Waals surface area contributed by atoms with Crippen LogP contribution in [0.1, 0.15) is 50.5 Å². The lowest BCUT2D eigenvalue weighted by molar-refractivity contribution is -0.0358. The first-order valence-electron chi connectivity index (χ1n) is 11.2. The normalized spacial score (nSPS) is 25.6. The van der Waals surface area contributed by atoms with Crippen LogP contribution < -0.4 is 10.1 Å². The highest BCUT2D eigenvalue weighted by Crippen LogP contribution is 2.30. The zero-order chi connectivity index (χ0) is 19.1. The largest absolute Gasteiger partial charge is 0.491 e. The van der Waals surface area contributed by atoms with Gasteiger partial charge in [-0.15, -0.1) is 0 Å². The van der Waals surface area contributed by atoms with Crippen molar-refractivity contribution in [1.82, 2.24) is 10.2 Å². The van der Waals surface area contributed by atoms with E-state index in [9.17, 15) is 0 Å². The van der Waals surface area contributed by atoms with E-state index in [1.54, 1.807) is 0 Å². The number of hydrogen-bond donors (Lipinski definition) is 1. The number of ether oxygens (including phenoxy) is 3. The van der Waals surface area contributed by atoms with Gasteiger partial charge in [-0.05, 0) is 69.3 Å². The van der Waals surface area contributed by atoms with Crippen molar-refractivity contribution in [3.63, 3.8) is 0 Å². The second-order valence-corrected chi connectivity index (χ2v) is 8.58. The highest BCUT2D eigenvalue weighted by Gasteiger charge is 2.38. The minimum atomic E-state index is 0.270. The molecule has 1 N–H and O–H groups in total. The van der Waals surface area contributed by atoms with Gasteiger partial charge in [-0.2, -0.15) is 0 Å². The molecule has 1 unspecified atom stereocenters. The van der Waals surface area contributed by atoms with Gasteiger partial charge in [-0.3, -0.25) is 4.90 Å². The van der Waals surface area contributed by atoms with Crippen molar-refractivity contribution >= 4 is 0 Å². The molecule has 3 aliphatic heterocycles. The fourth-order valence-corrected chi connectivity index (χ4v) is 4.83. The molecule has 0 aliphatic carbocycles. The maximum absolute atomic E-state index is 5.87. The standard InChI is InChI=1S/C23H36N2O3/c1-2-12-25(13-3-1)23(10-15-26-16-11-23)19-24-17-20-6-8-21(9-7-20)28-18-22-5-4-14-27-22/h6-9,22,24H,1-5,10-19H2. The summed E-state index contributed by atoms with van der Waals surface area (Å²) in [5, 5.41) is 3.75. The number of nitrogens with zero attached hydrogens (tertiary/aromatic N) is 1. The predicted octanol–water partition coefficient (Wildman–Crippen LogP) is 3.37. The summed E-state index contributed by atoms with van der Waals surface area (Å²) in [4.78, 5) is 2.74. The van der Waals surface area contributed by atoms with Crippen molar-refractivity contribution in [2.24, 2.45) is 0 Å². The van der Waals surface area contributed by atoms with E-state index >= 15 is 0 Å². The van der Waals surface area contributed by atoms with Crippen molar-refractivity contribution < 1.29 is 14.2 Å². The Morgan fingerprint density at radius 2 is 1.79 bits per heavy atom. The van der Waals surface area contributed by atoms with Crippen LogP contribution in [0.3, 0.4) is 0 Å². The van der Waals surface area contributed by atoms with Crippen molar-refractivity contribution in [3.05, 3.63) is 29.8 Å². The maximum Gasteiger partial charge on any atom is 0.119 e. The Hall–Kier alpha value is -1.14. The van der Waals surface area contributed by atoms with E-state index in [1.807, 2.05) is 0 Å². The number of likely N-dealkylation sites (tertiary alicyclic amines) is 1. The maximum atomic E-state index is 5.87. The molecule has 5 heteroatoms. The van der Waals surface area contributed by atoms with Gasteiger partial charge in [0.25, 0.3) is 0 Å². The number of benzene rings is 1. The third-order valence-electron chi connectivity index (χ3n) is 6.62. The number of piperidine rings is 1. The summed E-state index contributed by atoms with van der Waals surface area (Å²) < 4.78 is 17.2. The molecule has 1 aromatic rings. The van der Waals surface area contributed by atoms with E-state index in [2.05, 4.69) is 34.5 Å². The van der Waals surface area contributed by atoms with Crippen LogP contribution in [-0.4, -0.2) is 62.6 Å². The van der Waals surface area contributed by atoms with Gasteiger partial charge in [-0.1, -0.05) is 18.6 Å². The molecule has 0 spiro atoms. The second kappa shape index (κ2) is 10.1. The van der Waals surface area contributed by atoms with Crippen molar-refractivity contribution in [1.29, 1.82) is 0 Å². The van der Waals surface area contributed by atoms with Crippen LogP contribution >= 0.6 is 0 Å². The Kier molecular flexibility index (Phi) is 7.24. The van der Waals surface area contributed by atoms with E-state index in [0.29, 0.717) is 6.61 Å². The van der Waals surface area contributed by atoms with Crippen molar-refractivity contribution in [2.75, 3.05) is 46.1 Å². The zero-order valence-electron chi connectivity index (χ0n) is 17.2. The van der Waals surface area contributed by atoms with Crippen LogP contribution in [-0.2, 0) is 16.0 Å². The Morgan fingerprint density at radius 3 is 2.50 bits per heavy atom. The Labute approximate surface area is 169 Å². The average Bonchev–Trinajstić information content (AvgIpc) is 3.28. The zero-order valence-corrected chi connectivity index (χ0v) is 17.2. The summed E-state index contributed by atoms with van der Waals surface area (Å²) in [5.74, 6) is 0.938. The molecule has 3 aliphatic rings. The third kappa shape index (κ3) is 5.26. The fourth-order valence-electron chi connectivity index (χ4n) is 4.83. The smallest absolute Gasteiger partial charge is 0.119 e. The van der Waals surface area contributed by atoms with Crippen LogP contribution in [0.4, 0.5) is 0 Å². The van der Waals surface area contributed by atoms with Gasteiger partial charge in [-0.25, -0.2) is 0 Å². The molecular weight excluding hydrogens is 352 g/mol. The number of rotatable bonds is 8. The summed E-state index contributed by atoms with van der Waals surface area (Å²) in [6, 6.07) is 8.52. The summed E-state index contributed by atoms with van der Waals surface area (Å²) in [5.41, 5.74) is 1.59. The Morgan fingerprint density at radius 1 is 1.00 bits per heavy atom. The van der Waals surface area contributed by atoms with Crippen LogP contribution in [0.15, 0.2) is 24.3 Å². The van der Waals surface area contributed by atoms with Gasteiger partial charge in [0, 0.05) is 38.4 Å². The second-order valence-electron chi connectivity index (χ2n) is 8.58.